The zero-order valence-corrected chi connectivity index (χ0v) is 9.76. The lowest BCUT2D eigenvalue weighted by molar-refractivity contribution is 0.304. The highest BCUT2D eigenvalue weighted by atomic mass is 32.2. The zero-order valence-electron chi connectivity index (χ0n) is 8.95. The molecule has 0 fully saturated rings. The van der Waals surface area contributed by atoms with E-state index >= 15 is 0 Å². The van der Waals surface area contributed by atoms with Gasteiger partial charge in [-0.15, -0.1) is 0 Å². The van der Waals surface area contributed by atoms with Gasteiger partial charge in [-0.1, -0.05) is 30.3 Å². The van der Waals surface area contributed by atoms with Gasteiger partial charge in [0.2, 0.25) is 11.1 Å². The summed E-state index contributed by atoms with van der Waals surface area (Å²) in [6.07, 6.45) is 1.44. The normalized spacial score (nSPS) is 12.1. The van der Waals surface area contributed by atoms with E-state index in [2.05, 4.69) is 4.98 Å². The number of pyridine rings is 1. The van der Waals surface area contributed by atoms with Crippen LogP contribution in [-0.2, 0) is 17.7 Å². The predicted octanol–water partition coefficient (Wildman–Crippen LogP) is 2.24. The summed E-state index contributed by atoms with van der Waals surface area (Å²) in [6.45, 7) is 0.448. The van der Waals surface area contributed by atoms with Crippen molar-refractivity contribution in [2.45, 2.75) is 11.6 Å². The fraction of sp³-hybridized carbons (Fsp3) is 0.0833. The van der Waals surface area contributed by atoms with Gasteiger partial charge < -0.3 is 9.29 Å². The topological polar surface area (TPSA) is 59.4 Å². The molecular weight excluding hydrogens is 238 g/mol. The third kappa shape index (κ3) is 3.37. The van der Waals surface area contributed by atoms with Gasteiger partial charge in [0.1, 0.15) is 12.4 Å². The van der Waals surface area contributed by atoms with E-state index in [1.807, 2.05) is 30.3 Å². The molecule has 2 rings (SSSR count). The van der Waals surface area contributed by atoms with E-state index in [-0.39, 0.29) is 5.03 Å². The van der Waals surface area contributed by atoms with Gasteiger partial charge >= 0.3 is 0 Å². The van der Waals surface area contributed by atoms with E-state index in [0.717, 1.165) is 5.56 Å². The lowest BCUT2D eigenvalue weighted by Crippen LogP contribution is -1.97. The lowest BCUT2D eigenvalue weighted by atomic mass is 10.2. The monoisotopic (exact) mass is 249 g/mol. The Morgan fingerprint density at radius 3 is 2.53 bits per heavy atom. The SMILES string of the molecule is O=S(O)c1ccc(OCc2ccccc2)cn1. The third-order valence-electron chi connectivity index (χ3n) is 2.14. The molecule has 88 valence electrons. The van der Waals surface area contributed by atoms with E-state index in [4.69, 9.17) is 9.29 Å². The molecule has 0 bridgehead atoms. The van der Waals surface area contributed by atoms with E-state index in [1.165, 1.54) is 12.3 Å². The average Bonchev–Trinajstić information content (AvgIpc) is 2.38. The van der Waals surface area contributed by atoms with Crippen molar-refractivity contribution < 1.29 is 13.5 Å². The summed E-state index contributed by atoms with van der Waals surface area (Å²) in [6, 6.07) is 12.8. The fourth-order valence-electron chi connectivity index (χ4n) is 1.30. The first-order chi connectivity index (χ1) is 8.25. The minimum Gasteiger partial charge on any atom is -0.487 e. The minimum absolute atomic E-state index is 0.122. The quantitative estimate of drug-likeness (QED) is 0.844. The molecular formula is C12H11NO3S. The molecule has 0 radical (unpaired) electrons. The van der Waals surface area contributed by atoms with Crippen LogP contribution in [0.5, 0.6) is 5.75 Å². The van der Waals surface area contributed by atoms with Crippen LogP contribution in [0.15, 0.2) is 53.7 Å². The maximum Gasteiger partial charge on any atom is 0.205 e. The Labute approximate surface area is 102 Å². The molecule has 0 saturated carbocycles. The highest BCUT2D eigenvalue weighted by molar-refractivity contribution is 7.79. The van der Waals surface area contributed by atoms with E-state index in [0.29, 0.717) is 12.4 Å². The van der Waals surface area contributed by atoms with Gasteiger partial charge in [0.05, 0.1) is 6.20 Å². The van der Waals surface area contributed by atoms with Crippen molar-refractivity contribution >= 4 is 11.1 Å². The predicted molar refractivity (Wildman–Crippen MR) is 64.0 cm³/mol. The number of aromatic nitrogens is 1. The molecule has 1 atom stereocenters. The second kappa shape index (κ2) is 5.56. The molecule has 1 unspecified atom stereocenters. The molecule has 0 aliphatic heterocycles. The van der Waals surface area contributed by atoms with Crippen molar-refractivity contribution in [1.82, 2.24) is 4.98 Å². The summed E-state index contributed by atoms with van der Waals surface area (Å²) in [7, 11) is 0. The van der Waals surface area contributed by atoms with Crippen molar-refractivity contribution in [3.05, 3.63) is 54.2 Å². The van der Waals surface area contributed by atoms with Crippen LogP contribution in [0.25, 0.3) is 0 Å². The molecule has 0 amide bonds. The highest BCUT2D eigenvalue weighted by Crippen LogP contribution is 2.12. The zero-order chi connectivity index (χ0) is 12.1. The Balaban J connectivity index is 1.98. The van der Waals surface area contributed by atoms with Crippen molar-refractivity contribution in [3.63, 3.8) is 0 Å². The summed E-state index contributed by atoms with van der Waals surface area (Å²) in [4.78, 5) is 3.82. The van der Waals surface area contributed by atoms with Crippen LogP contribution >= 0.6 is 0 Å². The van der Waals surface area contributed by atoms with Crippen molar-refractivity contribution in [2.75, 3.05) is 0 Å². The van der Waals surface area contributed by atoms with Crippen molar-refractivity contribution in [3.8, 4) is 5.75 Å². The van der Waals surface area contributed by atoms with Crippen LogP contribution in [0.3, 0.4) is 0 Å². The maximum atomic E-state index is 10.7. The molecule has 1 aromatic heterocycles. The second-order valence-corrected chi connectivity index (χ2v) is 4.27. The number of benzene rings is 1. The Morgan fingerprint density at radius 1 is 1.18 bits per heavy atom. The van der Waals surface area contributed by atoms with Crippen molar-refractivity contribution in [2.24, 2.45) is 0 Å². The molecule has 0 aliphatic carbocycles. The molecule has 1 heterocycles. The van der Waals surface area contributed by atoms with Gasteiger partial charge in [0, 0.05) is 0 Å². The summed E-state index contributed by atoms with van der Waals surface area (Å²) in [5.41, 5.74) is 1.06. The standard InChI is InChI=1S/C12H11NO3S/c14-17(15)12-7-6-11(8-13-12)16-9-10-4-2-1-3-5-10/h1-8H,9H2,(H,14,15). The molecule has 0 saturated heterocycles. The summed E-state index contributed by atoms with van der Waals surface area (Å²) >= 11 is -2.04. The lowest BCUT2D eigenvalue weighted by Gasteiger charge is -2.05. The molecule has 1 aromatic carbocycles. The molecule has 1 N–H and O–H groups in total. The first-order valence-electron chi connectivity index (χ1n) is 4.99. The van der Waals surface area contributed by atoms with Crippen LogP contribution in [0.2, 0.25) is 0 Å². The molecule has 17 heavy (non-hydrogen) atoms. The Morgan fingerprint density at radius 2 is 1.94 bits per heavy atom. The van der Waals surface area contributed by atoms with Gasteiger partial charge in [0.15, 0.2) is 5.03 Å². The number of hydrogen-bond acceptors (Lipinski definition) is 3. The smallest absolute Gasteiger partial charge is 0.205 e. The van der Waals surface area contributed by atoms with Crippen LogP contribution in [-0.4, -0.2) is 13.7 Å². The van der Waals surface area contributed by atoms with Gasteiger partial charge in [-0.3, -0.25) is 0 Å². The third-order valence-corrected chi connectivity index (χ3v) is 2.74. The van der Waals surface area contributed by atoms with Crippen molar-refractivity contribution in [1.29, 1.82) is 0 Å². The van der Waals surface area contributed by atoms with Gasteiger partial charge in [0.25, 0.3) is 0 Å². The number of ether oxygens (including phenoxy) is 1. The average molecular weight is 249 g/mol. The van der Waals surface area contributed by atoms with Crippen LogP contribution in [0.1, 0.15) is 5.56 Å². The van der Waals surface area contributed by atoms with Crippen LogP contribution < -0.4 is 4.74 Å². The second-order valence-electron chi connectivity index (χ2n) is 3.36. The van der Waals surface area contributed by atoms with E-state index in [1.54, 1.807) is 6.07 Å². The van der Waals surface area contributed by atoms with Gasteiger partial charge in [-0.05, 0) is 17.7 Å². The summed E-state index contributed by atoms with van der Waals surface area (Å²) in [5, 5.41) is 0.122. The molecule has 0 aliphatic rings. The van der Waals surface area contributed by atoms with Crippen LogP contribution in [0.4, 0.5) is 0 Å². The van der Waals surface area contributed by atoms with E-state index in [9.17, 15) is 4.21 Å². The maximum absolute atomic E-state index is 10.7. The Kier molecular flexibility index (Phi) is 3.85. The first kappa shape index (κ1) is 11.8. The first-order valence-corrected chi connectivity index (χ1v) is 6.10. The highest BCUT2D eigenvalue weighted by Gasteiger charge is 2.01. The summed E-state index contributed by atoms with van der Waals surface area (Å²) in [5.74, 6) is 0.572. The molecule has 2 aromatic rings. The minimum atomic E-state index is -2.04. The number of hydrogen-bond donors (Lipinski definition) is 1. The van der Waals surface area contributed by atoms with E-state index < -0.39 is 11.1 Å². The molecule has 4 nitrogen and oxygen atoms in total. The molecule has 0 spiro atoms. The van der Waals surface area contributed by atoms with Gasteiger partial charge in [-0.2, -0.15) is 0 Å². The molecule has 5 heteroatoms. The number of rotatable bonds is 4. The fourth-order valence-corrected chi connectivity index (χ4v) is 1.62. The number of nitrogens with zero attached hydrogens (tertiary/aromatic N) is 1. The largest absolute Gasteiger partial charge is 0.487 e. The van der Waals surface area contributed by atoms with Gasteiger partial charge in [-0.25, -0.2) is 9.19 Å². The summed E-state index contributed by atoms with van der Waals surface area (Å²) < 4.78 is 25.0. The Bertz CT molecular complexity index is 499. The Hall–Kier alpha value is -1.72. The van der Waals surface area contributed by atoms with Crippen LogP contribution in [0, 0.1) is 0 Å².